The third-order valence-electron chi connectivity index (χ3n) is 3.74. The van der Waals surface area contributed by atoms with Crippen LogP contribution in [0, 0.1) is 13.8 Å². The average Bonchev–Trinajstić information content (AvgIpc) is 2.31. The van der Waals surface area contributed by atoms with Crippen LogP contribution in [-0.4, -0.2) is 25.2 Å². The summed E-state index contributed by atoms with van der Waals surface area (Å²) < 4.78 is 23.9. The zero-order chi connectivity index (χ0) is 13.3. The molecule has 1 unspecified atom stereocenters. The smallest absolute Gasteiger partial charge is 0.181 e. The van der Waals surface area contributed by atoms with Crippen LogP contribution in [0.1, 0.15) is 40.7 Å². The van der Waals surface area contributed by atoms with Gasteiger partial charge in [-0.05, 0) is 37.8 Å². The van der Waals surface area contributed by atoms with E-state index in [1.54, 1.807) is 6.07 Å². The summed E-state index contributed by atoms with van der Waals surface area (Å²) in [4.78, 5) is 12.4. The topological polar surface area (TPSA) is 51.2 Å². The molecule has 1 aliphatic rings. The van der Waals surface area contributed by atoms with Gasteiger partial charge in [0.2, 0.25) is 0 Å². The molecule has 0 amide bonds. The second kappa shape index (κ2) is 4.84. The van der Waals surface area contributed by atoms with E-state index in [4.69, 9.17) is 0 Å². The molecule has 0 radical (unpaired) electrons. The Labute approximate surface area is 108 Å². The predicted octanol–water partition coefficient (Wildman–Crippen LogP) is 2.45. The molecule has 1 heterocycles. The Balaban J connectivity index is 2.39. The fourth-order valence-electron chi connectivity index (χ4n) is 2.44. The highest BCUT2D eigenvalue weighted by molar-refractivity contribution is 7.92. The lowest BCUT2D eigenvalue weighted by molar-refractivity contribution is 0.0981. The maximum atomic E-state index is 12.4. The number of sulfone groups is 1. The summed E-state index contributed by atoms with van der Waals surface area (Å²) in [5.41, 5.74) is 2.47. The van der Waals surface area contributed by atoms with Crippen molar-refractivity contribution in [3.63, 3.8) is 0 Å². The van der Waals surface area contributed by atoms with E-state index < -0.39 is 15.1 Å². The van der Waals surface area contributed by atoms with E-state index in [0.29, 0.717) is 18.4 Å². The molecule has 1 aromatic carbocycles. The standard InChI is InChI=1S/C14H18O3S/c1-10-6-5-7-12(11(10)2)14(15)13-8-3-4-9-18(13,16)17/h5-7,13H,3-4,8-9H2,1-2H3. The SMILES string of the molecule is Cc1cccc(C(=O)C2CCCCS2(=O)=O)c1C. The largest absolute Gasteiger partial charge is 0.293 e. The van der Waals surface area contributed by atoms with Crippen molar-refractivity contribution >= 4 is 15.6 Å². The Morgan fingerprint density at radius 1 is 1.22 bits per heavy atom. The van der Waals surface area contributed by atoms with Crippen molar-refractivity contribution < 1.29 is 13.2 Å². The Hall–Kier alpha value is -1.16. The Bertz CT molecular complexity index is 573. The Kier molecular flexibility index (Phi) is 3.57. The van der Waals surface area contributed by atoms with E-state index >= 15 is 0 Å². The number of Topliss-reactive ketones (excluding diaryl/α,β-unsaturated/α-hetero) is 1. The molecule has 1 aliphatic heterocycles. The van der Waals surface area contributed by atoms with Crippen molar-refractivity contribution in [1.29, 1.82) is 0 Å². The third-order valence-corrected chi connectivity index (χ3v) is 5.92. The minimum absolute atomic E-state index is 0.147. The van der Waals surface area contributed by atoms with Gasteiger partial charge in [0.1, 0.15) is 5.25 Å². The number of hydrogen-bond acceptors (Lipinski definition) is 3. The van der Waals surface area contributed by atoms with Gasteiger partial charge in [-0.2, -0.15) is 0 Å². The zero-order valence-corrected chi connectivity index (χ0v) is 11.6. The second-order valence-electron chi connectivity index (χ2n) is 4.96. The van der Waals surface area contributed by atoms with Crippen LogP contribution in [0.3, 0.4) is 0 Å². The first-order valence-electron chi connectivity index (χ1n) is 6.25. The van der Waals surface area contributed by atoms with E-state index in [-0.39, 0.29) is 11.5 Å². The number of hydrogen-bond donors (Lipinski definition) is 0. The van der Waals surface area contributed by atoms with E-state index in [9.17, 15) is 13.2 Å². The lowest BCUT2D eigenvalue weighted by Crippen LogP contribution is -2.35. The van der Waals surface area contributed by atoms with Crippen LogP contribution in [0.4, 0.5) is 0 Å². The van der Waals surface area contributed by atoms with Gasteiger partial charge < -0.3 is 0 Å². The van der Waals surface area contributed by atoms with Crippen LogP contribution in [0.15, 0.2) is 18.2 Å². The molecule has 0 N–H and O–H groups in total. The number of aryl methyl sites for hydroxylation is 1. The molecular formula is C14H18O3S. The van der Waals surface area contributed by atoms with Crippen LogP contribution < -0.4 is 0 Å². The zero-order valence-electron chi connectivity index (χ0n) is 10.8. The normalized spacial score (nSPS) is 22.7. The van der Waals surface area contributed by atoms with E-state index in [2.05, 4.69) is 0 Å². The Morgan fingerprint density at radius 3 is 2.61 bits per heavy atom. The lowest BCUT2D eigenvalue weighted by atomic mass is 9.97. The number of ketones is 1. The first-order valence-corrected chi connectivity index (χ1v) is 7.97. The average molecular weight is 266 g/mol. The maximum Gasteiger partial charge on any atom is 0.181 e. The molecule has 2 rings (SSSR count). The quantitative estimate of drug-likeness (QED) is 0.773. The van der Waals surface area contributed by atoms with Gasteiger partial charge >= 0.3 is 0 Å². The summed E-state index contributed by atoms with van der Waals surface area (Å²) >= 11 is 0. The monoisotopic (exact) mass is 266 g/mol. The minimum Gasteiger partial charge on any atom is -0.293 e. The lowest BCUT2D eigenvalue weighted by Gasteiger charge is -2.22. The first kappa shape index (κ1) is 13.3. The van der Waals surface area contributed by atoms with Gasteiger partial charge in [0.05, 0.1) is 5.75 Å². The fraction of sp³-hybridized carbons (Fsp3) is 0.500. The second-order valence-corrected chi connectivity index (χ2v) is 7.27. The van der Waals surface area contributed by atoms with Crippen LogP contribution >= 0.6 is 0 Å². The summed E-state index contributed by atoms with van der Waals surface area (Å²) in [6.07, 6.45) is 1.97. The molecule has 0 spiro atoms. The van der Waals surface area contributed by atoms with Gasteiger partial charge in [-0.3, -0.25) is 4.79 Å². The molecule has 3 nitrogen and oxygen atoms in total. The first-order chi connectivity index (χ1) is 8.43. The van der Waals surface area contributed by atoms with E-state index in [0.717, 1.165) is 17.5 Å². The van der Waals surface area contributed by atoms with E-state index in [1.807, 2.05) is 26.0 Å². The van der Waals surface area contributed by atoms with Crippen molar-refractivity contribution in [2.75, 3.05) is 5.75 Å². The van der Waals surface area contributed by atoms with Crippen LogP contribution in [-0.2, 0) is 9.84 Å². The van der Waals surface area contributed by atoms with Crippen LogP contribution in [0.2, 0.25) is 0 Å². The molecule has 1 atom stereocenters. The summed E-state index contributed by atoms with van der Waals surface area (Å²) in [6.45, 7) is 3.81. The summed E-state index contributed by atoms with van der Waals surface area (Å²) in [6, 6.07) is 5.47. The van der Waals surface area contributed by atoms with Crippen molar-refractivity contribution in [2.45, 2.75) is 38.4 Å². The Morgan fingerprint density at radius 2 is 1.94 bits per heavy atom. The molecule has 0 aliphatic carbocycles. The van der Waals surface area contributed by atoms with Gasteiger partial charge in [-0.1, -0.05) is 24.6 Å². The molecule has 18 heavy (non-hydrogen) atoms. The van der Waals surface area contributed by atoms with Crippen molar-refractivity contribution in [1.82, 2.24) is 0 Å². The molecule has 98 valence electrons. The number of carbonyl (C=O) groups is 1. The van der Waals surface area contributed by atoms with Gasteiger partial charge in [-0.25, -0.2) is 8.42 Å². The molecular weight excluding hydrogens is 248 g/mol. The molecule has 1 aromatic rings. The third kappa shape index (κ3) is 2.34. The van der Waals surface area contributed by atoms with Gasteiger partial charge in [-0.15, -0.1) is 0 Å². The summed E-state index contributed by atoms with van der Waals surface area (Å²) in [5.74, 6) is -0.0789. The number of carbonyl (C=O) groups excluding carboxylic acids is 1. The summed E-state index contributed by atoms with van der Waals surface area (Å²) in [7, 11) is -3.25. The molecule has 1 fully saturated rings. The highest BCUT2D eigenvalue weighted by Gasteiger charge is 2.35. The molecule has 0 saturated carbocycles. The predicted molar refractivity (Wildman–Crippen MR) is 71.7 cm³/mol. The van der Waals surface area contributed by atoms with Crippen LogP contribution in [0.25, 0.3) is 0 Å². The van der Waals surface area contributed by atoms with Crippen LogP contribution in [0.5, 0.6) is 0 Å². The van der Waals surface area contributed by atoms with Gasteiger partial charge in [0.15, 0.2) is 15.6 Å². The molecule has 0 aromatic heterocycles. The number of benzene rings is 1. The highest BCUT2D eigenvalue weighted by Crippen LogP contribution is 2.25. The van der Waals surface area contributed by atoms with Gasteiger partial charge in [0.25, 0.3) is 0 Å². The van der Waals surface area contributed by atoms with E-state index in [1.165, 1.54) is 0 Å². The highest BCUT2D eigenvalue weighted by atomic mass is 32.2. The number of rotatable bonds is 2. The molecule has 1 saturated heterocycles. The van der Waals surface area contributed by atoms with Crippen molar-refractivity contribution in [3.05, 3.63) is 34.9 Å². The van der Waals surface area contributed by atoms with Crippen molar-refractivity contribution in [2.24, 2.45) is 0 Å². The van der Waals surface area contributed by atoms with Crippen molar-refractivity contribution in [3.8, 4) is 0 Å². The fourth-order valence-corrected chi connectivity index (χ4v) is 4.31. The minimum atomic E-state index is -3.25. The molecule has 4 heteroatoms. The molecule has 0 bridgehead atoms. The van der Waals surface area contributed by atoms with Gasteiger partial charge in [0, 0.05) is 5.56 Å². The summed E-state index contributed by atoms with van der Waals surface area (Å²) in [5, 5.41) is -0.827. The maximum absolute atomic E-state index is 12.4.